The first-order chi connectivity index (χ1) is 12.0. The summed E-state index contributed by atoms with van der Waals surface area (Å²) in [5.41, 5.74) is 1.09. The molecule has 1 aromatic heterocycles. The van der Waals surface area contributed by atoms with Crippen LogP contribution in [0.4, 0.5) is 0 Å². The number of nitrogens with zero attached hydrogens (tertiary/aromatic N) is 1. The van der Waals surface area contributed by atoms with E-state index in [1.54, 1.807) is 17.4 Å². The fourth-order valence-corrected chi connectivity index (χ4v) is 5.27. The van der Waals surface area contributed by atoms with Crippen LogP contribution < -0.4 is 4.72 Å². The van der Waals surface area contributed by atoms with Crippen molar-refractivity contribution in [2.45, 2.75) is 10.9 Å². The van der Waals surface area contributed by atoms with Crippen LogP contribution in [0.5, 0.6) is 0 Å². The molecule has 0 aliphatic carbocycles. The van der Waals surface area contributed by atoms with Gasteiger partial charge in [0.2, 0.25) is 10.0 Å². The number of benzene rings is 1. The lowest BCUT2D eigenvalue weighted by Gasteiger charge is -2.34. The fraction of sp³-hybridized carbons (Fsp3) is 0.375. The molecule has 3 rings (SSSR count). The van der Waals surface area contributed by atoms with Gasteiger partial charge >= 0.3 is 0 Å². The number of rotatable bonds is 6. The van der Waals surface area contributed by atoms with E-state index < -0.39 is 10.0 Å². The maximum atomic E-state index is 12.7. The molecule has 9 heteroatoms. The number of morpholine rings is 1. The van der Waals surface area contributed by atoms with E-state index in [0.29, 0.717) is 18.2 Å². The molecule has 0 spiro atoms. The number of halogens is 2. The second kappa shape index (κ2) is 8.35. The number of hydrogen-bond acceptors (Lipinski definition) is 5. The van der Waals surface area contributed by atoms with Crippen molar-refractivity contribution in [1.82, 2.24) is 9.62 Å². The monoisotopic (exact) mass is 420 g/mol. The zero-order valence-electron chi connectivity index (χ0n) is 13.3. The Kier molecular flexibility index (Phi) is 6.38. The minimum absolute atomic E-state index is 0.00675. The van der Waals surface area contributed by atoms with Gasteiger partial charge in [-0.3, -0.25) is 4.90 Å². The summed E-state index contributed by atoms with van der Waals surface area (Å²) < 4.78 is 33.4. The van der Waals surface area contributed by atoms with Gasteiger partial charge in [0.1, 0.15) is 4.90 Å². The lowest BCUT2D eigenvalue weighted by molar-refractivity contribution is 0.0173. The van der Waals surface area contributed by atoms with E-state index in [1.807, 2.05) is 16.8 Å². The Morgan fingerprint density at radius 3 is 2.68 bits per heavy atom. The van der Waals surface area contributed by atoms with Gasteiger partial charge in [0.15, 0.2) is 0 Å². The number of thiophene rings is 1. The molecule has 1 unspecified atom stereocenters. The lowest BCUT2D eigenvalue weighted by atomic mass is 10.1. The Morgan fingerprint density at radius 2 is 2.00 bits per heavy atom. The standard InChI is InChI=1S/C16H18Cl2N2O3S2/c17-13-1-2-14(18)16(9-13)25(21,22)19-10-15(12-3-8-24-11-12)20-4-6-23-7-5-20/h1-3,8-9,11,15,19H,4-7,10H2. The molecule has 2 aromatic rings. The minimum Gasteiger partial charge on any atom is -0.379 e. The van der Waals surface area contributed by atoms with Gasteiger partial charge in [-0.05, 0) is 40.6 Å². The molecule has 136 valence electrons. The first-order valence-corrected chi connectivity index (χ1v) is 10.9. The molecule has 2 heterocycles. The molecule has 1 atom stereocenters. The molecule has 1 aliphatic heterocycles. The molecule has 0 saturated carbocycles. The average Bonchev–Trinajstić information content (AvgIpc) is 3.12. The zero-order chi connectivity index (χ0) is 17.9. The quantitative estimate of drug-likeness (QED) is 0.777. The first-order valence-electron chi connectivity index (χ1n) is 7.76. The number of nitrogens with one attached hydrogen (secondary N) is 1. The summed E-state index contributed by atoms with van der Waals surface area (Å²) in [4.78, 5) is 2.22. The molecule has 25 heavy (non-hydrogen) atoms. The largest absolute Gasteiger partial charge is 0.379 e. The van der Waals surface area contributed by atoms with E-state index in [1.165, 1.54) is 12.1 Å². The van der Waals surface area contributed by atoms with Gasteiger partial charge in [-0.1, -0.05) is 23.2 Å². The van der Waals surface area contributed by atoms with Gasteiger partial charge in [0, 0.05) is 30.7 Å². The summed E-state index contributed by atoms with van der Waals surface area (Å²) in [6.45, 7) is 3.07. The van der Waals surface area contributed by atoms with Crippen molar-refractivity contribution in [3.05, 3.63) is 50.6 Å². The zero-order valence-corrected chi connectivity index (χ0v) is 16.5. The molecule has 0 bridgehead atoms. The summed E-state index contributed by atoms with van der Waals surface area (Å²) >= 11 is 13.6. The third-order valence-electron chi connectivity index (χ3n) is 4.06. The summed E-state index contributed by atoms with van der Waals surface area (Å²) in [5, 5.41) is 4.51. The fourth-order valence-electron chi connectivity index (χ4n) is 2.76. The van der Waals surface area contributed by atoms with Crippen molar-refractivity contribution in [2.24, 2.45) is 0 Å². The summed E-state index contributed by atoms with van der Waals surface area (Å²) in [6.07, 6.45) is 0. The second-order valence-corrected chi connectivity index (χ2v) is 9.01. The number of sulfonamides is 1. The van der Waals surface area contributed by atoms with Crippen LogP contribution in [0.25, 0.3) is 0 Å². The van der Waals surface area contributed by atoms with Crippen molar-refractivity contribution in [3.63, 3.8) is 0 Å². The highest BCUT2D eigenvalue weighted by atomic mass is 35.5. The Hall–Kier alpha value is -0.670. The van der Waals surface area contributed by atoms with E-state index >= 15 is 0 Å². The predicted octanol–water partition coefficient (Wildman–Crippen LogP) is 3.41. The van der Waals surface area contributed by atoms with Crippen molar-refractivity contribution in [1.29, 1.82) is 0 Å². The van der Waals surface area contributed by atoms with Gasteiger partial charge in [-0.2, -0.15) is 11.3 Å². The molecule has 1 saturated heterocycles. The van der Waals surface area contributed by atoms with E-state index in [0.717, 1.165) is 18.7 Å². The molecule has 1 aliphatic rings. The molecule has 1 aromatic carbocycles. The van der Waals surface area contributed by atoms with Crippen LogP contribution in [-0.4, -0.2) is 46.2 Å². The van der Waals surface area contributed by atoms with Crippen molar-refractivity contribution >= 4 is 44.6 Å². The third-order valence-corrected chi connectivity index (χ3v) is 6.91. The molecular weight excluding hydrogens is 403 g/mol. The lowest BCUT2D eigenvalue weighted by Crippen LogP contribution is -2.43. The molecule has 0 radical (unpaired) electrons. The average molecular weight is 421 g/mol. The summed E-state index contributed by atoms with van der Waals surface area (Å²) in [7, 11) is -3.76. The van der Waals surface area contributed by atoms with E-state index in [9.17, 15) is 8.42 Å². The van der Waals surface area contributed by atoms with Gasteiger partial charge in [0.25, 0.3) is 0 Å². The molecule has 1 N–H and O–H groups in total. The van der Waals surface area contributed by atoms with E-state index in [2.05, 4.69) is 9.62 Å². The number of hydrogen-bond donors (Lipinski definition) is 1. The topological polar surface area (TPSA) is 58.6 Å². The summed E-state index contributed by atoms with van der Waals surface area (Å²) in [6, 6.07) is 6.37. The Morgan fingerprint density at radius 1 is 1.24 bits per heavy atom. The molecule has 0 amide bonds. The Balaban J connectivity index is 1.79. The smallest absolute Gasteiger partial charge is 0.242 e. The van der Waals surface area contributed by atoms with Gasteiger partial charge in [-0.15, -0.1) is 0 Å². The van der Waals surface area contributed by atoms with Crippen molar-refractivity contribution in [2.75, 3.05) is 32.8 Å². The molecule has 5 nitrogen and oxygen atoms in total. The van der Waals surface area contributed by atoms with E-state index in [-0.39, 0.29) is 22.5 Å². The van der Waals surface area contributed by atoms with Crippen molar-refractivity contribution < 1.29 is 13.2 Å². The van der Waals surface area contributed by atoms with E-state index in [4.69, 9.17) is 27.9 Å². The normalized spacial score (nSPS) is 17.5. The highest BCUT2D eigenvalue weighted by Gasteiger charge is 2.26. The maximum absolute atomic E-state index is 12.7. The minimum atomic E-state index is -3.76. The van der Waals surface area contributed by atoms with Crippen LogP contribution in [0, 0.1) is 0 Å². The van der Waals surface area contributed by atoms with Gasteiger partial charge in [-0.25, -0.2) is 13.1 Å². The Bertz CT molecular complexity index is 807. The highest BCUT2D eigenvalue weighted by molar-refractivity contribution is 7.89. The summed E-state index contributed by atoms with van der Waals surface area (Å²) in [5.74, 6) is 0. The predicted molar refractivity (Wildman–Crippen MR) is 101 cm³/mol. The van der Waals surface area contributed by atoms with Crippen LogP contribution in [0.15, 0.2) is 39.9 Å². The first kappa shape index (κ1) is 19.1. The number of ether oxygens (including phenoxy) is 1. The van der Waals surface area contributed by atoms with Gasteiger partial charge < -0.3 is 4.74 Å². The van der Waals surface area contributed by atoms with Gasteiger partial charge in [0.05, 0.1) is 18.2 Å². The molecular formula is C16H18Cl2N2O3S2. The van der Waals surface area contributed by atoms with Crippen LogP contribution in [0.2, 0.25) is 10.0 Å². The third kappa shape index (κ3) is 4.74. The van der Waals surface area contributed by atoms with Crippen LogP contribution in [-0.2, 0) is 14.8 Å². The van der Waals surface area contributed by atoms with Crippen molar-refractivity contribution in [3.8, 4) is 0 Å². The van der Waals surface area contributed by atoms with Crippen LogP contribution in [0.3, 0.4) is 0 Å². The maximum Gasteiger partial charge on any atom is 0.242 e. The Labute approximate surface area is 161 Å². The SMILES string of the molecule is O=S(=O)(NCC(c1ccsc1)N1CCOCC1)c1cc(Cl)ccc1Cl. The second-order valence-electron chi connectivity index (χ2n) is 5.65. The molecule has 1 fully saturated rings. The van der Waals surface area contributed by atoms with Crippen LogP contribution >= 0.6 is 34.5 Å². The van der Waals surface area contributed by atoms with Crippen LogP contribution in [0.1, 0.15) is 11.6 Å². The highest BCUT2D eigenvalue weighted by Crippen LogP contribution is 2.27.